The number of ether oxygens (including phenoxy) is 1. The van der Waals surface area contributed by atoms with Crippen LogP contribution < -0.4 is 4.74 Å². The van der Waals surface area contributed by atoms with Gasteiger partial charge in [0.2, 0.25) is 0 Å². The van der Waals surface area contributed by atoms with Crippen LogP contribution in [0.2, 0.25) is 5.02 Å². The van der Waals surface area contributed by atoms with Crippen LogP contribution in [0.15, 0.2) is 48.7 Å². The molecule has 6 nitrogen and oxygen atoms in total. The number of aromatic nitrogens is 1. The highest BCUT2D eigenvalue weighted by Crippen LogP contribution is 2.32. The van der Waals surface area contributed by atoms with Gasteiger partial charge < -0.3 is 14.8 Å². The smallest absolute Gasteiger partial charge is 0.325 e. The van der Waals surface area contributed by atoms with E-state index in [-0.39, 0.29) is 0 Å². The maximum Gasteiger partial charge on any atom is 0.325 e. The van der Waals surface area contributed by atoms with Crippen molar-refractivity contribution in [1.29, 1.82) is 0 Å². The van der Waals surface area contributed by atoms with Gasteiger partial charge >= 0.3 is 5.97 Å². The van der Waals surface area contributed by atoms with Crippen molar-refractivity contribution in [2.24, 2.45) is 0 Å². The highest BCUT2D eigenvalue weighted by Gasteiger charge is 2.32. The second-order valence-corrected chi connectivity index (χ2v) is 7.77. The third-order valence-electron chi connectivity index (χ3n) is 5.52. The Hall–Kier alpha value is -2.54. The van der Waals surface area contributed by atoms with Crippen LogP contribution in [0.3, 0.4) is 0 Å². The van der Waals surface area contributed by atoms with E-state index in [1.165, 1.54) is 5.56 Å². The van der Waals surface area contributed by atoms with Gasteiger partial charge in [0.15, 0.2) is 0 Å². The number of hydrogen-bond acceptors (Lipinski definition) is 4. The van der Waals surface area contributed by atoms with Crippen LogP contribution in [0.5, 0.6) is 5.75 Å². The van der Waals surface area contributed by atoms with Gasteiger partial charge in [-0.2, -0.15) is 0 Å². The zero-order chi connectivity index (χ0) is 20.4. The van der Waals surface area contributed by atoms with Crippen molar-refractivity contribution in [2.75, 3.05) is 33.3 Å². The van der Waals surface area contributed by atoms with Gasteiger partial charge in [0.1, 0.15) is 11.8 Å². The van der Waals surface area contributed by atoms with Crippen LogP contribution in [0.1, 0.15) is 17.2 Å². The molecule has 0 radical (unpaired) electrons. The molecule has 0 bridgehead atoms. The van der Waals surface area contributed by atoms with Crippen LogP contribution in [0, 0.1) is 0 Å². The minimum absolute atomic E-state index is 0.689. The number of carboxylic acid groups (broad SMARTS) is 1. The number of nitrogens with one attached hydrogen (secondary N) is 1. The molecule has 3 aromatic rings. The average Bonchev–Trinajstić information content (AvgIpc) is 3.12. The summed E-state index contributed by atoms with van der Waals surface area (Å²) in [6, 6.07) is 12.9. The van der Waals surface area contributed by atoms with Gasteiger partial charge in [-0.3, -0.25) is 14.6 Å². The Kier molecular flexibility index (Phi) is 5.76. The van der Waals surface area contributed by atoms with Crippen molar-refractivity contribution in [1.82, 2.24) is 14.8 Å². The molecule has 0 aliphatic carbocycles. The maximum absolute atomic E-state index is 12.2. The van der Waals surface area contributed by atoms with E-state index in [0.29, 0.717) is 18.8 Å². The second kappa shape index (κ2) is 8.45. The van der Waals surface area contributed by atoms with E-state index in [4.69, 9.17) is 16.3 Å². The summed E-state index contributed by atoms with van der Waals surface area (Å²) in [4.78, 5) is 19.8. The normalized spacial score (nSPS) is 16.8. The van der Waals surface area contributed by atoms with Gasteiger partial charge in [0, 0.05) is 60.4 Å². The molecule has 0 spiro atoms. The van der Waals surface area contributed by atoms with E-state index in [9.17, 15) is 9.90 Å². The summed E-state index contributed by atoms with van der Waals surface area (Å²) in [7, 11) is 1.61. The summed E-state index contributed by atoms with van der Waals surface area (Å²) in [5.41, 5.74) is 2.85. The molecular weight excluding hydrogens is 390 g/mol. The molecule has 0 amide bonds. The minimum atomic E-state index is -0.836. The first kappa shape index (κ1) is 19.8. The van der Waals surface area contributed by atoms with E-state index in [0.717, 1.165) is 41.1 Å². The second-order valence-electron chi connectivity index (χ2n) is 7.34. The number of aromatic amines is 1. The molecule has 1 aliphatic rings. The Morgan fingerprint density at radius 3 is 2.69 bits per heavy atom. The molecule has 1 fully saturated rings. The summed E-state index contributed by atoms with van der Waals surface area (Å²) >= 11 is 6.08. The number of rotatable bonds is 6. The summed E-state index contributed by atoms with van der Waals surface area (Å²) in [5, 5.41) is 11.6. The van der Waals surface area contributed by atoms with Gasteiger partial charge in [-0.05, 0) is 35.9 Å². The molecule has 4 rings (SSSR count). The number of nitrogens with zero attached hydrogens (tertiary/aromatic N) is 2. The summed E-state index contributed by atoms with van der Waals surface area (Å²) in [5.74, 6) is -0.120. The van der Waals surface area contributed by atoms with Gasteiger partial charge in [-0.15, -0.1) is 0 Å². The van der Waals surface area contributed by atoms with Gasteiger partial charge in [-0.1, -0.05) is 23.7 Å². The SMILES string of the molecule is COc1ccc2[nH]cc(C(C(=O)O)N3CCN(Cc4cccc(Cl)c4)CC3)c2c1. The standard InChI is InChI=1S/C22H24ClN3O3/c1-29-17-5-6-20-18(12-17)19(13-24-20)21(22(27)28)26-9-7-25(8-10-26)14-15-3-2-4-16(23)11-15/h2-6,11-13,21,24H,7-10,14H2,1H3,(H,27,28). The topological polar surface area (TPSA) is 68.8 Å². The lowest BCUT2D eigenvalue weighted by atomic mass is 10.0. The molecule has 7 heteroatoms. The molecule has 2 aromatic carbocycles. The van der Waals surface area contributed by atoms with Crippen molar-refractivity contribution in [3.05, 3.63) is 64.8 Å². The summed E-state index contributed by atoms with van der Waals surface area (Å²) in [6.07, 6.45) is 1.81. The Morgan fingerprint density at radius 1 is 1.21 bits per heavy atom. The predicted molar refractivity (Wildman–Crippen MR) is 114 cm³/mol. The lowest BCUT2D eigenvalue weighted by molar-refractivity contribution is -0.144. The Labute approximate surface area is 174 Å². The molecule has 1 unspecified atom stereocenters. The fourth-order valence-corrected chi connectivity index (χ4v) is 4.25. The largest absolute Gasteiger partial charge is 0.497 e. The van der Waals surface area contributed by atoms with Crippen LogP contribution >= 0.6 is 11.6 Å². The molecule has 29 heavy (non-hydrogen) atoms. The van der Waals surface area contributed by atoms with Crippen molar-refractivity contribution in [2.45, 2.75) is 12.6 Å². The Morgan fingerprint density at radius 2 is 2.00 bits per heavy atom. The molecule has 2 heterocycles. The van der Waals surface area contributed by atoms with Crippen molar-refractivity contribution < 1.29 is 14.6 Å². The Balaban J connectivity index is 1.50. The summed E-state index contributed by atoms with van der Waals surface area (Å²) < 4.78 is 5.32. The van der Waals surface area contributed by atoms with E-state index in [1.54, 1.807) is 13.3 Å². The first-order chi connectivity index (χ1) is 14.0. The molecule has 152 valence electrons. The highest BCUT2D eigenvalue weighted by atomic mass is 35.5. The third-order valence-corrected chi connectivity index (χ3v) is 5.75. The highest BCUT2D eigenvalue weighted by molar-refractivity contribution is 6.30. The van der Waals surface area contributed by atoms with E-state index >= 15 is 0 Å². The lowest BCUT2D eigenvalue weighted by Crippen LogP contribution is -2.48. The van der Waals surface area contributed by atoms with Crippen LogP contribution in [0.25, 0.3) is 10.9 Å². The van der Waals surface area contributed by atoms with Gasteiger partial charge in [0.25, 0.3) is 0 Å². The number of halogens is 1. The number of hydrogen-bond donors (Lipinski definition) is 2. The molecule has 2 N–H and O–H groups in total. The van der Waals surface area contributed by atoms with E-state index < -0.39 is 12.0 Å². The Bertz CT molecular complexity index is 1010. The number of carboxylic acids is 1. The molecule has 1 saturated heterocycles. The number of H-pyrrole nitrogens is 1. The molecular formula is C22H24ClN3O3. The number of methoxy groups -OCH3 is 1. The average molecular weight is 414 g/mol. The number of piperazine rings is 1. The fraction of sp³-hybridized carbons (Fsp3) is 0.318. The summed E-state index contributed by atoms with van der Waals surface area (Å²) in [6.45, 7) is 3.81. The number of fused-ring (bicyclic) bond motifs is 1. The lowest BCUT2D eigenvalue weighted by Gasteiger charge is -2.37. The number of benzene rings is 2. The maximum atomic E-state index is 12.2. The van der Waals surface area contributed by atoms with Crippen LogP contribution in [-0.2, 0) is 11.3 Å². The quantitative estimate of drug-likeness (QED) is 0.643. The molecule has 1 aromatic heterocycles. The monoisotopic (exact) mass is 413 g/mol. The predicted octanol–water partition coefficient (Wildman–Crippen LogP) is 3.77. The van der Waals surface area contributed by atoms with E-state index in [2.05, 4.69) is 16.0 Å². The fourth-order valence-electron chi connectivity index (χ4n) is 4.03. The first-order valence-electron chi connectivity index (χ1n) is 9.64. The van der Waals surface area contributed by atoms with Gasteiger partial charge in [-0.25, -0.2) is 0 Å². The van der Waals surface area contributed by atoms with Crippen molar-refractivity contribution in [3.63, 3.8) is 0 Å². The molecule has 1 atom stereocenters. The van der Waals surface area contributed by atoms with Crippen LogP contribution in [-0.4, -0.2) is 59.1 Å². The van der Waals surface area contributed by atoms with Crippen molar-refractivity contribution >= 4 is 28.5 Å². The number of aliphatic carboxylic acids is 1. The van der Waals surface area contributed by atoms with E-state index in [1.807, 2.05) is 41.3 Å². The number of carbonyl (C=O) groups is 1. The zero-order valence-electron chi connectivity index (χ0n) is 16.3. The minimum Gasteiger partial charge on any atom is -0.497 e. The molecule has 1 aliphatic heterocycles. The first-order valence-corrected chi connectivity index (χ1v) is 10.0. The van der Waals surface area contributed by atoms with Gasteiger partial charge in [0.05, 0.1) is 7.11 Å². The van der Waals surface area contributed by atoms with Crippen molar-refractivity contribution in [3.8, 4) is 5.75 Å². The molecule has 0 saturated carbocycles. The zero-order valence-corrected chi connectivity index (χ0v) is 17.0. The third kappa shape index (κ3) is 4.24. The van der Waals surface area contributed by atoms with Crippen LogP contribution in [0.4, 0.5) is 0 Å².